The Kier molecular flexibility index (Phi) is 10.2. The van der Waals surface area contributed by atoms with E-state index in [0.717, 1.165) is 31.5 Å². The van der Waals surface area contributed by atoms with E-state index in [0.29, 0.717) is 6.61 Å². The molecule has 4 heteroatoms. The monoisotopic (exact) mass is 281 g/mol. The van der Waals surface area contributed by atoms with Crippen molar-refractivity contribution in [1.29, 1.82) is 0 Å². The van der Waals surface area contributed by atoms with Crippen LogP contribution in [0.25, 0.3) is 0 Å². The zero-order chi connectivity index (χ0) is 14.5. The highest BCUT2D eigenvalue weighted by Crippen LogP contribution is 2.10. The largest absolute Gasteiger partial charge is 0.396 e. The lowest BCUT2D eigenvalue weighted by Crippen LogP contribution is -1.98. The maximum absolute atomic E-state index is 8.68. The Morgan fingerprint density at radius 1 is 0.950 bits per heavy atom. The first-order valence-corrected chi connectivity index (χ1v) is 8.36. The molecule has 0 amide bonds. The summed E-state index contributed by atoms with van der Waals surface area (Å²) >= 11 is 0. The van der Waals surface area contributed by atoms with Crippen LogP contribution in [0.3, 0.4) is 0 Å². The van der Waals surface area contributed by atoms with Gasteiger partial charge in [-0.25, -0.2) is 0 Å². The summed E-state index contributed by atoms with van der Waals surface area (Å²) in [6, 6.07) is 0. The van der Waals surface area contributed by atoms with Crippen molar-refractivity contribution in [3.05, 3.63) is 11.9 Å². The smallest absolute Gasteiger partial charge is 0.0827 e. The van der Waals surface area contributed by atoms with E-state index in [1.54, 1.807) is 0 Å². The van der Waals surface area contributed by atoms with E-state index in [2.05, 4.69) is 23.4 Å². The van der Waals surface area contributed by atoms with Crippen molar-refractivity contribution in [2.45, 2.75) is 84.1 Å². The molecular weight excluding hydrogens is 250 g/mol. The standard InChI is InChI=1S/C16H31N3O/c1-2-12-16-15-19(18-17-16)13-10-8-6-4-3-5-7-9-11-14-20/h15,20H,2-14H2,1H3. The molecule has 4 nitrogen and oxygen atoms in total. The topological polar surface area (TPSA) is 50.9 Å². The third-order valence-electron chi connectivity index (χ3n) is 3.64. The molecule has 0 bridgehead atoms. The molecule has 0 unspecified atom stereocenters. The van der Waals surface area contributed by atoms with Gasteiger partial charge in [0.1, 0.15) is 0 Å². The van der Waals surface area contributed by atoms with Crippen LogP contribution >= 0.6 is 0 Å². The first kappa shape index (κ1) is 17.2. The number of rotatable bonds is 13. The van der Waals surface area contributed by atoms with Crippen LogP contribution in [-0.2, 0) is 13.0 Å². The molecule has 0 spiro atoms. The van der Waals surface area contributed by atoms with Crippen LogP contribution in [0.1, 0.15) is 76.8 Å². The van der Waals surface area contributed by atoms with Gasteiger partial charge in [-0.3, -0.25) is 4.68 Å². The molecule has 1 heterocycles. The molecule has 1 rings (SSSR count). The molecule has 1 N–H and O–H groups in total. The second kappa shape index (κ2) is 11.9. The zero-order valence-corrected chi connectivity index (χ0v) is 13.1. The summed E-state index contributed by atoms with van der Waals surface area (Å²) in [4.78, 5) is 0. The molecule has 0 fully saturated rings. The fourth-order valence-electron chi connectivity index (χ4n) is 2.44. The molecule has 0 saturated carbocycles. The van der Waals surface area contributed by atoms with E-state index in [1.807, 2.05) is 4.68 Å². The van der Waals surface area contributed by atoms with Crippen LogP contribution in [0, 0.1) is 0 Å². The molecule has 0 radical (unpaired) electrons. The number of aromatic nitrogens is 3. The van der Waals surface area contributed by atoms with Gasteiger partial charge in [-0.1, -0.05) is 63.5 Å². The summed E-state index contributed by atoms with van der Waals surface area (Å²) in [5.41, 5.74) is 1.12. The van der Waals surface area contributed by atoms with Crippen molar-refractivity contribution in [1.82, 2.24) is 15.0 Å². The van der Waals surface area contributed by atoms with Crippen molar-refractivity contribution in [2.75, 3.05) is 6.61 Å². The van der Waals surface area contributed by atoms with E-state index in [1.165, 1.54) is 51.4 Å². The van der Waals surface area contributed by atoms with Crippen LogP contribution < -0.4 is 0 Å². The molecule has 1 aromatic rings. The molecular formula is C16H31N3O. The first-order valence-electron chi connectivity index (χ1n) is 8.36. The van der Waals surface area contributed by atoms with Gasteiger partial charge < -0.3 is 5.11 Å². The third kappa shape index (κ3) is 8.31. The van der Waals surface area contributed by atoms with Crippen molar-refractivity contribution in [3.8, 4) is 0 Å². The Hall–Kier alpha value is -0.900. The number of unbranched alkanes of at least 4 members (excludes halogenated alkanes) is 8. The van der Waals surface area contributed by atoms with E-state index in [4.69, 9.17) is 5.11 Å². The van der Waals surface area contributed by atoms with Crippen molar-refractivity contribution in [2.24, 2.45) is 0 Å². The van der Waals surface area contributed by atoms with E-state index < -0.39 is 0 Å². The minimum absolute atomic E-state index is 0.349. The molecule has 0 atom stereocenters. The lowest BCUT2D eigenvalue weighted by atomic mass is 10.1. The predicted octanol–water partition coefficient (Wildman–Crippen LogP) is 3.73. The van der Waals surface area contributed by atoms with Crippen molar-refractivity contribution < 1.29 is 5.11 Å². The Labute approximate surface area is 123 Å². The Bertz CT molecular complexity index is 325. The maximum Gasteiger partial charge on any atom is 0.0827 e. The fraction of sp³-hybridized carbons (Fsp3) is 0.875. The van der Waals surface area contributed by atoms with Gasteiger partial charge in [0.15, 0.2) is 0 Å². The molecule has 0 saturated heterocycles. The summed E-state index contributed by atoms with van der Waals surface area (Å²) in [5.74, 6) is 0. The third-order valence-corrected chi connectivity index (χ3v) is 3.64. The number of nitrogens with zero attached hydrogens (tertiary/aromatic N) is 3. The highest BCUT2D eigenvalue weighted by molar-refractivity contribution is 4.91. The van der Waals surface area contributed by atoms with Crippen molar-refractivity contribution in [3.63, 3.8) is 0 Å². The SMILES string of the molecule is CCCc1cn(CCCCCCCCCCCO)nn1. The molecule has 0 aliphatic rings. The summed E-state index contributed by atoms with van der Waals surface area (Å²) in [6.07, 6.45) is 15.5. The maximum atomic E-state index is 8.68. The molecule has 20 heavy (non-hydrogen) atoms. The molecule has 0 aliphatic carbocycles. The first-order chi connectivity index (χ1) is 9.86. The summed E-state index contributed by atoms with van der Waals surface area (Å²) < 4.78 is 1.99. The summed E-state index contributed by atoms with van der Waals surface area (Å²) in [7, 11) is 0. The second-order valence-corrected chi connectivity index (χ2v) is 5.63. The van der Waals surface area contributed by atoms with Gasteiger partial charge in [0.25, 0.3) is 0 Å². The van der Waals surface area contributed by atoms with Gasteiger partial charge in [0.2, 0.25) is 0 Å². The van der Waals surface area contributed by atoms with E-state index in [9.17, 15) is 0 Å². The normalized spacial score (nSPS) is 11.1. The number of hydrogen-bond acceptors (Lipinski definition) is 3. The van der Waals surface area contributed by atoms with Gasteiger partial charge in [-0.2, -0.15) is 0 Å². The lowest BCUT2D eigenvalue weighted by molar-refractivity contribution is 0.282. The quantitative estimate of drug-likeness (QED) is 0.560. The number of aliphatic hydroxyl groups is 1. The number of hydrogen-bond donors (Lipinski definition) is 1. The van der Waals surface area contributed by atoms with Crippen LogP contribution in [0.4, 0.5) is 0 Å². The van der Waals surface area contributed by atoms with Gasteiger partial charge in [0, 0.05) is 19.3 Å². The average molecular weight is 281 g/mol. The van der Waals surface area contributed by atoms with Crippen LogP contribution in [-0.4, -0.2) is 26.7 Å². The van der Waals surface area contributed by atoms with E-state index in [-0.39, 0.29) is 0 Å². The van der Waals surface area contributed by atoms with Crippen molar-refractivity contribution >= 4 is 0 Å². The molecule has 1 aromatic heterocycles. The Balaban J connectivity index is 1.89. The molecule has 116 valence electrons. The van der Waals surface area contributed by atoms with E-state index >= 15 is 0 Å². The summed E-state index contributed by atoms with van der Waals surface area (Å²) in [6.45, 7) is 3.53. The Morgan fingerprint density at radius 2 is 1.55 bits per heavy atom. The predicted molar refractivity (Wildman–Crippen MR) is 82.7 cm³/mol. The average Bonchev–Trinajstić information content (AvgIpc) is 2.89. The Morgan fingerprint density at radius 3 is 2.15 bits per heavy atom. The zero-order valence-electron chi connectivity index (χ0n) is 13.1. The van der Waals surface area contributed by atoms with Gasteiger partial charge in [-0.05, 0) is 19.3 Å². The molecule has 0 aliphatic heterocycles. The minimum Gasteiger partial charge on any atom is -0.396 e. The van der Waals surface area contributed by atoms with Gasteiger partial charge >= 0.3 is 0 Å². The van der Waals surface area contributed by atoms with Crippen LogP contribution in [0.2, 0.25) is 0 Å². The van der Waals surface area contributed by atoms with Gasteiger partial charge in [0.05, 0.1) is 5.69 Å². The molecule has 0 aromatic carbocycles. The fourth-order valence-corrected chi connectivity index (χ4v) is 2.44. The van der Waals surface area contributed by atoms with Gasteiger partial charge in [-0.15, -0.1) is 5.10 Å². The number of aliphatic hydroxyl groups excluding tert-OH is 1. The summed E-state index contributed by atoms with van der Waals surface area (Å²) in [5, 5.41) is 17.0. The lowest BCUT2D eigenvalue weighted by Gasteiger charge is -2.02. The van der Waals surface area contributed by atoms with Crippen LogP contribution in [0.15, 0.2) is 6.20 Å². The number of aryl methyl sites for hydroxylation is 2. The second-order valence-electron chi connectivity index (χ2n) is 5.63. The highest BCUT2D eigenvalue weighted by Gasteiger charge is 1.99. The van der Waals surface area contributed by atoms with Crippen LogP contribution in [0.5, 0.6) is 0 Å². The highest BCUT2D eigenvalue weighted by atomic mass is 16.2. The minimum atomic E-state index is 0.349.